The molecule has 2 fully saturated rings. The van der Waals surface area contributed by atoms with Gasteiger partial charge in [-0.15, -0.1) is 0 Å². The standard InChI is InChI=1S/C16H18ClFN2O3/c1-8(2)20-14(21)6-12(19-16(22)13-7-23-13)15(20)9-3-4-10(17)11(18)5-9/h3-5,8,12-13,15H,6-7H2,1-2H3,(H,19,22)/t12-,13?,15+/m0/s1. The minimum Gasteiger partial charge on any atom is -0.363 e. The van der Waals surface area contributed by atoms with E-state index in [0.717, 1.165) is 0 Å². The van der Waals surface area contributed by atoms with Crippen molar-refractivity contribution in [3.63, 3.8) is 0 Å². The summed E-state index contributed by atoms with van der Waals surface area (Å²) < 4.78 is 18.8. The maximum absolute atomic E-state index is 13.8. The van der Waals surface area contributed by atoms with E-state index in [2.05, 4.69) is 5.32 Å². The summed E-state index contributed by atoms with van der Waals surface area (Å²) in [6.07, 6.45) is -0.244. The van der Waals surface area contributed by atoms with Crippen LogP contribution in [0.2, 0.25) is 5.02 Å². The van der Waals surface area contributed by atoms with Crippen molar-refractivity contribution >= 4 is 23.4 Å². The van der Waals surface area contributed by atoms with Crippen LogP contribution in [0.25, 0.3) is 0 Å². The maximum atomic E-state index is 13.8. The average Bonchev–Trinajstić information content (AvgIpc) is 3.26. The highest BCUT2D eigenvalue weighted by Gasteiger charge is 2.44. The molecule has 0 spiro atoms. The molecule has 2 heterocycles. The molecular weight excluding hydrogens is 323 g/mol. The number of hydrogen-bond acceptors (Lipinski definition) is 3. The van der Waals surface area contributed by atoms with Crippen molar-refractivity contribution in [2.45, 2.75) is 44.5 Å². The Balaban J connectivity index is 1.92. The van der Waals surface area contributed by atoms with Gasteiger partial charge in [-0.1, -0.05) is 17.7 Å². The van der Waals surface area contributed by atoms with E-state index >= 15 is 0 Å². The molecule has 5 nitrogen and oxygen atoms in total. The monoisotopic (exact) mass is 340 g/mol. The lowest BCUT2D eigenvalue weighted by Crippen LogP contribution is -2.43. The van der Waals surface area contributed by atoms with Crippen LogP contribution in [0.15, 0.2) is 18.2 Å². The van der Waals surface area contributed by atoms with Crippen LogP contribution in [0.3, 0.4) is 0 Å². The summed E-state index contributed by atoms with van der Waals surface area (Å²) in [5.41, 5.74) is 0.619. The van der Waals surface area contributed by atoms with Crippen molar-refractivity contribution in [2.75, 3.05) is 6.61 Å². The zero-order valence-corrected chi connectivity index (χ0v) is 13.6. The van der Waals surface area contributed by atoms with Crippen LogP contribution in [-0.4, -0.2) is 41.5 Å². The van der Waals surface area contributed by atoms with E-state index < -0.39 is 24.0 Å². The van der Waals surface area contributed by atoms with Gasteiger partial charge in [0, 0.05) is 12.5 Å². The van der Waals surface area contributed by atoms with Crippen molar-refractivity contribution < 1.29 is 18.7 Å². The number of benzene rings is 1. The number of nitrogens with zero attached hydrogens (tertiary/aromatic N) is 1. The number of ether oxygens (including phenoxy) is 1. The summed E-state index contributed by atoms with van der Waals surface area (Å²) in [6.45, 7) is 4.19. The summed E-state index contributed by atoms with van der Waals surface area (Å²) in [4.78, 5) is 26.0. The molecule has 0 bridgehead atoms. The van der Waals surface area contributed by atoms with E-state index in [1.165, 1.54) is 12.1 Å². The van der Waals surface area contributed by atoms with Gasteiger partial charge >= 0.3 is 0 Å². The highest BCUT2D eigenvalue weighted by atomic mass is 35.5. The molecule has 1 N–H and O–H groups in total. The lowest BCUT2D eigenvalue weighted by molar-refractivity contribution is -0.130. The molecule has 0 saturated carbocycles. The fraction of sp³-hybridized carbons (Fsp3) is 0.500. The average molecular weight is 341 g/mol. The van der Waals surface area contributed by atoms with Gasteiger partial charge in [0.25, 0.3) is 5.91 Å². The van der Waals surface area contributed by atoms with E-state index in [1.807, 2.05) is 13.8 Å². The van der Waals surface area contributed by atoms with Crippen LogP contribution in [-0.2, 0) is 14.3 Å². The lowest BCUT2D eigenvalue weighted by Gasteiger charge is -2.32. The van der Waals surface area contributed by atoms with Gasteiger partial charge in [-0.25, -0.2) is 4.39 Å². The Hall–Kier alpha value is -1.66. The van der Waals surface area contributed by atoms with Gasteiger partial charge in [0.15, 0.2) is 6.10 Å². The predicted molar refractivity (Wildman–Crippen MR) is 82.4 cm³/mol. The SMILES string of the molecule is CC(C)N1C(=O)C[C@H](NC(=O)C2CO2)[C@H]1c1ccc(Cl)c(F)c1. The molecule has 2 amide bonds. The number of carbonyl (C=O) groups excluding carboxylic acids is 2. The fourth-order valence-corrected chi connectivity index (χ4v) is 3.18. The first-order valence-corrected chi connectivity index (χ1v) is 7.94. The highest BCUT2D eigenvalue weighted by Crippen LogP contribution is 2.36. The third-order valence-electron chi connectivity index (χ3n) is 4.16. The van der Waals surface area contributed by atoms with Crippen LogP contribution < -0.4 is 5.32 Å². The number of amides is 2. The van der Waals surface area contributed by atoms with Crippen LogP contribution in [0.4, 0.5) is 4.39 Å². The number of nitrogens with one attached hydrogen (secondary N) is 1. The Kier molecular flexibility index (Phi) is 4.29. The van der Waals surface area contributed by atoms with E-state index in [-0.39, 0.29) is 29.3 Å². The summed E-state index contributed by atoms with van der Waals surface area (Å²) in [6, 6.07) is 3.59. The van der Waals surface area contributed by atoms with Crippen LogP contribution in [0.1, 0.15) is 31.9 Å². The molecule has 7 heteroatoms. The van der Waals surface area contributed by atoms with Gasteiger partial charge in [0.2, 0.25) is 5.91 Å². The zero-order valence-electron chi connectivity index (χ0n) is 12.9. The van der Waals surface area contributed by atoms with Crippen molar-refractivity contribution in [3.8, 4) is 0 Å². The second kappa shape index (κ2) is 6.09. The minimum atomic E-state index is -0.539. The smallest absolute Gasteiger partial charge is 0.251 e. The number of hydrogen-bond donors (Lipinski definition) is 1. The second-order valence-electron chi connectivity index (χ2n) is 6.15. The van der Waals surface area contributed by atoms with E-state index in [0.29, 0.717) is 12.2 Å². The lowest BCUT2D eigenvalue weighted by atomic mass is 9.99. The molecule has 0 aliphatic carbocycles. The zero-order chi connectivity index (χ0) is 16.7. The molecule has 2 aliphatic rings. The van der Waals surface area contributed by atoms with E-state index in [1.54, 1.807) is 11.0 Å². The Morgan fingerprint density at radius 3 is 2.74 bits per heavy atom. The van der Waals surface area contributed by atoms with Gasteiger partial charge in [-0.05, 0) is 31.5 Å². The Morgan fingerprint density at radius 2 is 2.17 bits per heavy atom. The van der Waals surface area contributed by atoms with Crippen molar-refractivity contribution in [2.24, 2.45) is 0 Å². The molecule has 0 radical (unpaired) electrons. The number of likely N-dealkylation sites (tertiary alicyclic amines) is 1. The van der Waals surface area contributed by atoms with Crippen LogP contribution >= 0.6 is 11.6 Å². The number of carbonyl (C=O) groups is 2. The van der Waals surface area contributed by atoms with Crippen LogP contribution in [0, 0.1) is 5.82 Å². The largest absolute Gasteiger partial charge is 0.363 e. The first-order valence-electron chi connectivity index (χ1n) is 7.56. The maximum Gasteiger partial charge on any atom is 0.251 e. The highest BCUT2D eigenvalue weighted by molar-refractivity contribution is 6.30. The van der Waals surface area contributed by atoms with Gasteiger partial charge < -0.3 is 15.0 Å². The molecule has 2 saturated heterocycles. The van der Waals surface area contributed by atoms with Gasteiger partial charge in [0.1, 0.15) is 5.82 Å². The summed E-state index contributed by atoms with van der Waals surface area (Å²) in [5, 5.41) is 2.89. The summed E-state index contributed by atoms with van der Waals surface area (Å²) >= 11 is 5.74. The topological polar surface area (TPSA) is 61.9 Å². The normalized spacial score (nSPS) is 26.7. The number of epoxide rings is 1. The molecule has 1 aromatic rings. The molecule has 1 aromatic carbocycles. The number of rotatable bonds is 4. The molecule has 1 unspecified atom stereocenters. The summed E-state index contributed by atoms with van der Waals surface area (Å²) in [7, 11) is 0. The predicted octanol–water partition coefficient (Wildman–Crippen LogP) is 2.04. The molecule has 23 heavy (non-hydrogen) atoms. The molecule has 2 aliphatic heterocycles. The Bertz CT molecular complexity index is 648. The molecule has 3 rings (SSSR count). The Morgan fingerprint density at radius 1 is 1.48 bits per heavy atom. The third-order valence-corrected chi connectivity index (χ3v) is 4.46. The summed E-state index contributed by atoms with van der Waals surface area (Å²) in [5.74, 6) is -0.835. The van der Waals surface area contributed by atoms with E-state index in [9.17, 15) is 14.0 Å². The van der Waals surface area contributed by atoms with Crippen molar-refractivity contribution in [1.82, 2.24) is 10.2 Å². The number of halogens is 2. The molecule has 0 aromatic heterocycles. The van der Waals surface area contributed by atoms with Gasteiger partial charge in [0.05, 0.1) is 23.7 Å². The van der Waals surface area contributed by atoms with E-state index in [4.69, 9.17) is 16.3 Å². The van der Waals surface area contributed by atoms with Crippen molar-refractivity contribution in [3.05, 3.63) is 34.6 Å². The van der Waals surface area contributed by atoms with Gasteiger partial charge in [-0.3, -0.25) is 9.59 Å². The van der Waals surface area contributed by atoms with Crippen LogP contribution in [0.5, 0.6) is 0 Å². The fourth-order valence-electron chi connectivity index (χ4n) is 3.06. The van der Waals surface area contributed by atoms with Crippen molar-refractivity contribution in [1.29, 1.82) is 0 Å². The first kappa shape index (κ1) is 16.2. The quantitative estimate of drug-likeness (QED) is 0.853. The molecular formula is C16H18ClFN2O3. The second-order valence-corrected chi connectivity index (χ2v) is 6.56. The van der Waals surface area contributed by atoms with Gasteiger partial charge in [-0.2, -0.15) is 0 Å². The first-order chi connectivity index (χ1) is 10.9. The molecule has 124 valence electrons. The third kappa shape index (κ3) is 3.19. The molecule has 3 atom stereocenters. The Labute approximate surface area is 138 Å². The minimum absolute atomic E-state index is 0.0288.